The first kappa shape index (κ1) is 6.69. The van der Waals surface area contributed by atoms with Crippen LogP contribution in [0.1, 0.15) is 6.92 Å². The van der Waals surface area contributed by atoms with Crippen LogP contribution < -0.4 is 0 Å². The molecule has 0 unspecified atom stereocenters. The molecule has 0 amide bonds. The average molecular weight is 137 g/mol. The van der Waals surface area contributed by atoms with E-state index in [-0.39, 0.29) is 0 Å². The van der Waals surface area contributed by atoms with E-state index in [1.54, 1.807) is 0 Å². The standard InChI is InChI=1S/C8H9S/c1-7-3-2-4-8(9)6-5-7/h2-6,9H,1H3. The van der Waals surface area contributed by atoms with E-state index >= 15 is 0 Å². The molecular weight excluding hydrogens is 128 g/mol. The van der Waals surface area contributed by atoms with Crippen LogP contribution >= 0.6 is 12.6 Å². The lowest BCUT2D eigenvalue weighted by atomic mass is 10.2. The molecule has 0 atom stereocenters. The molecule has 1 heteroatoms. The van der Waals surface area contributed by atoms with E-state index in [0.717, 1.165) is 4.91 Å². The van der Waals surface area contributed by atoms with Crippen LogP contribution in [0.3, 0.4) is 0 Å². The Hall–Kier alpha value is -0.430. The number of rotatable bonds is 0. The second-order valence-corrected chi connectivity index (χ2v) is 2.54. The molecule has 0 bridgehead atoms. The zero-order valence-corrected chi connectivity index (χ0v) is 6.23. The van der Waals surface area contributed by atoms with Gasteiger partial charge in [-0.2, -0.15) is 0 Å². The normalized spacial score (nSPS) is 18.4. The fourth-order valence-corrected chi connectivity index (χ4v) is 0.787. The van der Waals surface area contributed by atoms with Crippen LogP contribution in [0.5, 0.6) is 0 Å². The quantitative estimate of drug-likeness (QED) is 0.487. The minimum absolute atomic E-state index is 1.00. The van der Waals surface area contributed by atoms with Gasteiger partial charge in [-0.05, 0) is 13.0 Å². The molecule has 0 aromatic carbocycles. The summed E-state index contributed by atoms with van der Waals surface area (Å²) >= 11 is 4.18. The third kappa shape index (κ3) is 2.10. The number of thiol groups is 1. The molecular formula is C8H9S. The molecule has 0 nitrogen and oxygen atoms in total. The Morgan fingerprint density at radius 2 is 2.11 bits per heavy atom. The first-order valence-corrected chi connectivity index (χ1v) is 3.33. The van der Waals surface area contributed by atoms with E-state index in [9.17, 15) is 0 Å². The molecule has 0 aromatic heterocycles. The number of allylic oxidation sites excluding steroid dienone is 5. The van der Waals surface area contributed by atoms with Crippen LogP contribution in [0.2, 0.25) is 0 Å². The van der Waals surface area contributed by atoms with Gasteiger partial charge in [0.1, 0.15) is 0 Å². The fraction of sp³-hybridized carbons (Fsp3) is 0.125. The third-order valence-electron chi connectivity index (χ3n) is 1.14. The molecule has 0 aromatic rings. The molecule has 0 saturated heterocycles. The second kappa shape index (κ2) is 2.92. The summed E-state index contributed by atoms with van der Waals surface area (Å²) in [7, 11) is 0. The summed E-state index contributed by atoms with van der Waals surface area (Å²) in [4.78, 5) is 1.00. The molecule has 0 aliphatic heterocycles. The Kier molecular flexibility index (Phi) is 2.17. The molecule has 1 aliphatic carbocycles. The van der Waals surface area contributed by atoms with Gasteiger partial charge in [-0.1, -0.05) is 23.8 Å². The van der Waals surface area contributed by atoms with E-state index in [2.05, 4.69) is 26.0 Å². The van der Waals surface area contributed by atoms with Gasteiger partial charge in [-0.25, -0.2) is 0 Å². The van der Waals surface area contributed by atoms with E-state index < -0.39 is 0 Å². The van der Waals surface area contributed by atoms with Crippen molar-refractivity contribution in [3.63, 3.8) is 0 Å². The molecule has 1 aliphatic rings. The van der Waals surface area contributed by atoms with Crippen LogP contribution in [0.4, 0.5) is 0 Å². The summed E-state index contributed by atoms with van der Waals surface area (Å²) in [6, 6.07) is 0. The number of hydrogen-bond acceptors (Lipinski definition) is 1. The van der Waals surface area contributed by atoms with E-state index in [0.29, 0.717) is 0 Å². The molecule has 0 spiro atoms. The van der Waals surface area contributed by atoms with Gasteiger partial charge < -0.3 is 0 Å². The summed E-state index contributed by atoms with van der Waals surface area (Å²) in [6.07, 6.45) is 10.0. The SMILES string of the molecule is CC1=CC=C(S)C=C[CH]1. The van der Waals surface area contributed by atoms with Gasteiger partial charge in [0.05, 0.1) is 0 Å². The predicted molar refractivity (Wildman–Crippen MR) is 44.3 cm³/mol. The lowest BCUT2D eigenvalue weighted by molar-refractivity contribution is 1.45. The van der Waals surface area contributed by atoms with E-state index in [4.69, 9.17) is 0 Å². The highest BCUT2D eigenvalue weighted by Crippen LogP contribution is 2.11. The Morgan fingerprint density at radius 1 is 1.33 bits per heavy atom. The van der Waals surface area contributed by atoms with Gasteiger partial charge in [0, 0.05) is 11.3 Å². The molecule has 0 fully saturated rings. The summed E-state index contributed by atoms with van der Waals surface area (Å²) < 4.78 is 0. The van der Waals surface area contributed by atoms with Gasteiger partial charge in [0.25, 0.3) is 0 Å². The Bertz CT molecular complexity index is 185. The minimum Gasteiger partial charge on any atom is -0.143 e. The zero-order valence-electron chi connectivity index (χ0n) is 5.33. The highest BCUT2D eigenvalue weighted by Gasteiger charge is 1.89. The van der Waals surface area contributed by atoms with E-state index in [1.165, 1.54) is 5.57 Å². The van der Waals surface area contributed by atoms with Crippen LogP contribution in [0.25, 0.3) is 0 Å². The molecule has 0 N–H and O–H groups in total. The van der Waals surface area contributed by atoms with Crippen molar-refractivity contribution in [1.82, 2.24) is 0 Å². The second-order valence-electron chi connectivity index (χ2n) is 2.03. The van der Waals surface area contributed by atoms with Gasteiger partial charge in [-0.3, -0.25) is 0 Å². The largest absolute Gasteiger partial charge is 0.143 e. The number of hydrogen-bond donors (Lipinski definition) is 1. The summed E-state index contributed by atoms with van der Waals surface area (Å²) in [5.74, 6) is 0. The molecule has 1 rings (SSSR count). The molecule has 47 valence electrons. The smallest absolute Gasteiger partial charge is 0.00810 e. The maximum Gasteiger partial charge on any atom is 0.00810 e. The van der Waals surface area contributed by atoms with Gasteiger partial charge in [-0.15, -0.1) is 12.6 Å². The molecule has 9 heavy (non-hydrogen) atoms. The topological polar surface area (TPSA) is 0 Å². The van der Waals surface area contributed by atoms with Crippen molar-refractivity contribution in [3.05, 3.63) is 41.2 Å². The Balaban J connectivity index is 2.80. The molecule has 0 saturated carbocycles. The Morgan fingerprint density at radius 3 is 2.89 bits per heavy atom. The van der Waals surface area contributed by atoms with Crippen molar-refractivity contribution in [3.8, 4) is 0 Å². The maximum atomic E-state index is 4.18. The zero-order chi connectivity index (χ0) is 6.69. The fourth-order valence-electron chi connectivity index (χ4n) is 0.626. The summed E-state index contributed by atoms with van der Waals surface area (Å²) in [5, 5.41) is 0. The van der Waals surface area contributed by atoms with Gasteiger partial charge >= 0.3 is 0 Å². The van der Waals surface area contributed by atoms with Gasteiger partial charge in [0.15, 0.2) is 0 Å². The first-order chi connectivity index (χ1) is 4.29. The monoisotopic (exact) mass is 137 g/mol. The first-order valence-electron chi connectivity index (χ1n) is 2.88. The van der Waals surface area contributed by atoms with Crippen molar-refractivity contribution in [2.45, 2.75) is 6.92 Å². The van der Waals surface area contributed by atoms with Crippen LogP contribution in [0, 0.1) is 6.42 Å². The van der Waals surface area contributed by atoms with Crippen molar-refractivity contribution in [1.29, 1.82) is 0 Å². The summed E-state index contributed by atoms with van der Waals surface area (Å²) in [6.45, 7) is 2.06. The third-order valence-corrected chi connectivity index (χ3v) is 1.44. The lowest BCUT2D eigenvalue weighted by Crippen LogP contribution is -1.68. The summed E-state index contributed by atoms with van der Waals surface area (Å²) in [5.41, 5.74) is 1.26. The predicted octanol–water partition coefficient (Wildman–Crippen LogP) is 2.52. The minimum atomic E-state index is 1.00. The molecule has 0 heterocycles. The van der Waals surface area contributed by atoms with Crippen LogP contribution in [-0.2, 0) is 0 Å². The van der Waals surface area contributed by atoms with E-state index in [1.807, 2.05) is 24.3 Å². The van der Waals surface area contributed by atoms with Crippen molar-refractivity contribution >= 4 is 12.6 Å². The van der Waals surface area contributed by atoms with Crippen molar-refractivity contribution in [2.24, 2.45) is 0 Å². The van der Waals surface area contributed by atoms with Crippen molar-refractivity contribution < 1.29 is 0 Å². The van der Waals surface area contributed by atoms with Gasteiger partial charge in [0.2, 0.25) is 0 Å². The van der Waals surface area contributed by atoms with Crippen LogP contribution in [0.15, 0.2) is 34.8 Å². The highest BCUT2D eigenvalue weighted by atomic mass is 32.1. The molecule has 1 radical (unpaired) electrons. The van der Waals surface area contributed by atoms with Crippen molar-refractivity contribution in [2.75, 3.05) is 0 Å². The highest BCUT2D eigenvalue weighted by molar-refractivity contribution is 7.84. The lowest BCUT2D eigenvalue weighted by Gasteiger charge is -1.85. The maximum absolute atomic E-state index is 4.18. The average Bonchev–Trinajstić information content (AvgIpc) is 1.97. The Labute approximate surface area is 61.4 Å². The van der Waals surface area contributed by atoms with Crippen LogP contribution in [-0.4, -0.2) is 0 Å².